The number of nitrogens with zero attached hydrogens (tertiary/aromatic N) is 2. The summed E-state index contributed by atoms with van der Waals surface area (Å²) in [6.07, 6.45) is 0.108. The summed E-state index contributed by atoms with van der Waals surface area (Å²) in [4.78, 5) is 49.3. The molecule has 0 saturated carbocycles. The van der Waals surface area contributed by atoms with Gasteiger partial charge in [0.15, 0.2) is 11.6 Å². The summed E-state index contributed by atoms with van der Waals surface area (Å²) >= 11 is 0. The zero-order valence-corrected chi connectivity index (χ0v) is 18.4. The van der Waals surface area contributed by atoms with Crippen molar-refractivity contribution in [2.45, 2.75) is 25.3 Å². The van der Waals surface area contributed by atoms with Crippen LogP contribution in [0.5, 0.6) is 0 Å². The predicted octanol–water partition coefficient (Wildman–Crippen LogP) is 2.80. The molecule has 0 aromatic heterocycles. The van der Waals surface area contributed by atoms with Crippen LogP contribution in [-0.2, 0) is 20.7 Å². The highest BCUT2D eigenvalue weighted by molar-refractivity contribution is 5.99. The zero-order chi connectivity index (χ0) is 25.9. The normalized spacial score (nSPS) is 19.9. The highest BCUT2D eigenvalue weighted by Gasteiger charge is 2.54. The minimum absolute atomic E-state index is 0.00825. The maximum absolute atomic E-state index is 14.6. The number of hydrogen-bond acceptors (Lipinski definition) is 6. The van der Waals surface area contributed by atoms with Crippen molar-refractivity contribution in [3.63, 3.8) is 0 Å². The molecule has 12 heteroatoms. The summed E-state index contributed by atoms with van der Waals surface area (Å²) in [6.45, 7) is 0.607. The van der Waals surface area contributed by atoms with Crippen molar-refractivity contribution >= 4 is 17.8 Å². The summed E-state index contributed by atoms with van der Waals surface area (Å²) in [5, 5.41) is 21.1. The van der Waals surface area contributed by atoms with Gasteiger partial charge < -0.3 is 14.7 Å². The molecule has 0 aliphatic carbocycles. The van der Waals surface area contributed by atoms with Gasteiger partial charge in [-0.1, -0.05) is 12.1 Å². The minimum Gasteiger partial charge on any atom is -0.478 e. The highest BCUT2D eigenvalue weighted by atomic mass is 19.2. The molecule has 2 aromatic carbocycles. The molecule has 9 nitrogen and oxygen atoms in total. The molecule has 35 heavy (non-hydrogen) atoms. The molecule has 186 valence electrons. The first kappa shape index (κ1) is 25.7. The molecule has 3 atom stereocenters. The first-order chi connectivity index (χ1) is 16.5. The van der Waals surface area contributed by atoms with Crippen molar-refractivity contribution in [3.05, 3.63) is 80.7 Å². The van der Waals surface area contributed by atoms with Crippen molar-refractivity contribution in [1.29, 1.82) is 0 Å². The number of carboxylic acids is 1. The first-order valence-corrected chi connectivity index (χ1v) is 10.6. The molecule has 2 aromatic rings. The van der Waals surface area contributed by atoms with Crippen LogP contribution in [0.4, 0.5) is 13.2 Å². The predicted molar refractivity (Wildman–Crippen MR) is 114 cm³/mol. The first-order valence-electron chi connectivity index (χ1n) is 10.6. The molecule has 1 unspecified atom stereocenters. The lowest BCUT2D eigenvalue weighted by Crippen LogP contribution is -2.57. The van der Waals surface area contributed by atoms with Gasteiger partial charge in [-0.25, -0.2) is 18.0 Å². The Balaban J connectivity index is 1.99. The maximum Gasteiger partial charge on any atom is 0.335 e. The van der Waals surface area contributed by atoms with Gasteiger partial charge in [-0.05, 0) is 37.1 Å². The van der Waals surface area contributed by atoms with Crippen molar-refractivity contribution in [2.24, 2.45) is 5.92 Å². The average Bonchev–Trinajstić information content (AvgIpc) is 2.80. The number of nitro groups is 1. The molecule has 1 N–H and O–H groups in total. The standard InChI is InChI=1S/C23H21F3N2O7/c1-2-35-23(32)20-19(14-9-16(25)17(26)10-15(14)24)18(28(33)34)11-27(21(20)29)7-6-12-4-3-5-13(8-12)22(30)31/h3-5,8-10,18-20H,2,6-7,11H2,1H3,(H,30,31)/t18-,19+,20?/m0/s1. The van der Waals surface area contributed by atoms with E-state index in [9.17, 15) is 37.7 Å². The number of carbonyl (C=O) groups is 3. The molecule has 3 rings (SSSR count). The molecule has 1 aliphatic heterocycles. The fourth-order valence-electron chi connectivity index (χ4n) is 4.18. The number of amides is 1. The van der Waals surface area contributed by atoms with Crippen LogP contribution in [-0.4, -0.2) is 58.5 Å². The van der Waals surface area contributed by atoms with E-state index in [4.69, 9.17) is 9.84 Å². The van der Waals surface area contributed by atoms with Gasteiger partial charge >= 0.3 is 11.9 Å². The number of ether oxygens (including phenoxy) is 1. The van der Waals surface area contributed by atoms with E-state index in [2.05, 4.69) is 0 Å². The molecule has 1 saturated heterocycles. The summed E-state index contributed by atoms with van der Waals surface area (Å²) in [5.41, 5.74) is -0.142. The van der Waals surface area contributed by atoms with Crippen LogP contribution in [0.25, 0.3) is 0 Å². The number of carbonyl (C=O) groups excluding carboxylic acids is 2. The third-order valence-electron chi connectivity index (χ3n) is 5.81. The second kappa shape index (κ2) is 10.5. The average molecular weight is 494 g/mol. The van der Waals surface area contributed by atoms with Crippen LogP contribution in [0.15, 0.2) is 36.4 Å². The Bertz CT molecular complexity index is 1170. The summed E-state index contributed by atoms with van der Waals surface area (Å²) in [5.74, 6) is -11.2. The fraction of sp³-hybridized carbons (Fsp3) is 0.348. The number of halogens is 3. The Kier molecular flexibility index (Phi) is 7.72. The maximum atomic E-state index is 14.6. The molecule has 1 heterocycles. The van der Waals surface area contributed by atoms with Crippen LogP contribution in [0.1, 0.15) is 34.3 Å². The molecule has 0 radical (unpaired) electrons. The third kappa shape index (κ3) is 5.42. The third-order valence-corrected chi connectivity index (χ3v) is 5.81. The van der Waals surface area contributed by atoms with Crippen molar-refractivity contribution in [3.8, 4) is 0 Å². The molecule has 1 amide bonds. The van der Waals surface area contributed by atoms with E-state index >= 15 is 0 Å². The van der Waals surface area contributed by atoms with E-state index in [0.717, 1.165) is 4.90 Å². The lowest BCUT2D eigenvalue weighted by molar-refractivity contribution is -0.529. The van der Waals surface area contributed by atoms with Gasteiger partial charge in [0.05, 0.1) is 24.6 Å². The number of piperidine rings is 1. The molecule has 1 fully saturated rings. The van der Waals surface area contributed by atoms with Crippen molar-refractivity contribution in [1.82, 2.24) is 4.90 Å². The van der Waals surface area contributed by atoms with Gasteiger partial charge in [0.1, 0.15) is 11.7 Å². The zero-order valence-electron chi connectivity index (χ0n) is 18.4. The van der Waals surface area contributed by atoms with Gasteiger partial charge in [0.2, 0.25) is 11.9 Å². The molecule has 1 aliphatic rings. The molecular formula is C23H21F3N2O7. The van der Waals surface area contributed by atoms with Crippen LogP contribution in [0.3, 0.4) is 0 Å². The molecule has 0 bridgehead atoms. The van der Waals surface area contributed by atoms with E-state index in [1.165, 1.54) is 25.1 Å². The number of aromatic carboxylic acids is 1. The Labute approximate surface area is 197 Å². The molecule has 0 spiro atoms. The van der Waals surface area contributed by atoms with E-state index < -0.39 is 70.2 Å². The van der Waals surface area contributed by atoms with E-state index in [0.29, 0.717) is 11.6 Å². The van der Waals surface area contributed by atoms with Gasteiger partial charge in [-0.2, -0.15) is 0 Å². The van der Waals surface area contributed by atoms with Crippen LogP contribution in [0.2, 0.25) is 0 Å². The lowest BCUT2D eigenvalue weighted by atomic mass is 9.76. The quantitative estimate of drug-likeness (QED) is 0.197. The van der Waals surface area contributed by atoms with E-state index in [-0.39, 0.29) is 31.2 Å². The van der Waals surface area contributed by atoms with Crippen LogP contribution in [0, 0.1) is 33.5 Å². The topological polar surface area (TPSA) is 127 Å². The Hall–Kier alpha value is -3.96. The SMILES string of the molecule is CCOC(=O)C1C(=O)N(CCc2cccc(C(=O)O)c2)C[C@H]([N+](=O)[O-])[C@H]1c1cc(F)c(F)cc1F. The number of benzene rings is 2. The second-order valence-corrected chi connectivity index (χ2v) is 7.94. The van der Waals surface area contributed by atoms with Crippen molar-refractivity contribution in [2.75, 3.05) is 19.7 Å². The minimum atomic E-state index is -1.87. The van der Waals surface area contributed by atoms with E-state index in [1.54, 1.807) is 6.07 Å². The largest absolute Gasteiger partial charge is 0.478 e. The smallest absolute Gasteiger partial charge is 0.335 e. The number of likely N-dealkylation sites (tertiary alicyclic amines) is 1. The van der Waals surface area contributed by atoms with E-state index in [1.807, 2.05) is 0 Å². The number of hydrogen-bond donors (Lipinski definition) is 1. The molecular weight excluding hydrogens is 473 g/mol. The summed E-state index contributed by atoms with van der Waals surface area (Å²) < 4.78 is 46.9. The highest BCUT2D eigenvalue weighted by Crippen LogP contribution is 2.38. The van der Waals surface area contributed by atoms with Gasteiger partial charge in [0.25, 0.3) is 0 Å². The van der Waals surface area contributed by atoms with Crippen molar-refractivity contribution < 1.29 is 42.3 Å². The summed E-state index contributed by atoms with van der Waals surface area (Å²) in [7, 11) is 0. The van der Waals surface area contributed by atoms with Crippen LogP contribution < -0.4 is 0 Å². The number of rotatable bonds is 8. The summed E-state index contributed by atoms with van der Waals surface area (Å²) in [6, 6.07) is 4.75. The Morgan fingerprint density at radius 1 is 1.17 bits per heavy atom. The second-order valence-electron chi connectivity index (χ2n) is 7.94. The number of esters is 1. The van der Waals surface area contributed by atoms with Gasteiger partial charge in [0, 0.05) is 23.1 Å². The fourth-order valence-corrected chi connectivity index (χ4v) is 4.18. The monoisotopic (exact) mass is 494 g/mol. The Morgan fingerprint density at radius 2 is 1.86 bits per heavy atom. The number of carboxylic acid groups (broad SMARTS) is 1. The van der Waals surface area contributed by atoms with Gasteiger partial charge in [-0.3, -0.25) is 19.7 Å². The Morgan fingerprint density at radius 3 is 2.49 bits per heavy atom. The van der Waals surface area contributed by atoms with Gasteiger partial charge in [-0.15, -0.1) is 0 Å². The lowest BCUT2D eigenvalue weighted by Gasteiger charge is -2.38. The van der Waals surface area contributed by atoms with Crippen LogP contribution >= 0.6 is 0 Å².